The molecular formula is C23H29BrN2O4S. The van der Waals surface area contributed by atoms with E-state index in [4.69, 9.17) is 4.74 Å². The molecule has 8 heteroatoms. The van der Waals surface area contributed by atoms with Gasteiger partial charge in [-0.25, -0.2) is 12.7 Å². The van der Waals surface area contributed by atoms with Crippen LogP contribution in [0.25, 0.3) is 0 Å². The van der Waals surface area contributed by atoms with Gasteiger partial charge >= 0.3 is 0 Å². The summed E-state index contributed by atoms with van der Waals surface area (Å²) in [5, 5.41) is 2.98. The number of nitrogens with one attached hydrogen (secondary N) is 1. The van der Waals surface area contributed by atoms with Crippen molar-refractivity contribution in [2.24, 2.45) is 5.92 Å². The summed E-state index contributed by atoms with van der Waals surface area (Å²) in [7, 11) is -3.39. The molecule has 0 unspecified atom stereocenters. The van der Waals surface area contributed by atoms with Crippen molar-refractivity contribution < 1.29 is 17.9 Å². The van der Waals surface area contributed by atoms with Crippen molar-refractivity contribution in [3.05, 3.63) is 64.1 Å². The van der Waals surface area contributed by atoms with E-state index >= 15 is 0 Å². The van der Waals surface area contributed by atoms with Gasteiger partial charge in [-0.3, -0.25) is 4.79 Å². The van der Waals surface area contributed by atoms with Crippen LogP contribution in [0.2, 0.25) is 0 Å². The third kappa shape index (κ3) is 7.05. The van der Waals surface area contributed by atoms with Crippen molar-refractivity contribution in [1.29, 1.82) is 0 Å². The number of carbonyl (C=O) groups excluding carboxylic acids is 1. The highest BCUT2D eigenvalue weighted by atomic mass is 79.9. The Bertz CT molecular complexity index is 968. The maximum absolute atomic E-state index is 12.7. The summed E-state index contributed by atoms with van der Waals surface area (Å²) in [4.78, 5) is 12.6. The van der Waals surface area contributed by atoms with Gasteiger partial charge in [0.25, 0.3) is 0 Å². The van der Waals surface area contributed by atoms with E-state index in [-0.39, 0.29) is 23.7 Å². The number of hydrogen-bond donors (Lipinski definition) is 1. The standard InChI is InChI=1S/C23H29BrN2O4S/c1-17(2)30-22-9-5-18(6-10-22)15-25-23(27)20-11-13-26(14-12-20)31(28,29)16-19-3-7-21(24)8-4-19/h3-10,17,20H,11-16H2,1-2H3,(H,25,27). The molecule has 0 bridgehead atoms. The molecule has 2 aromatic carbocycles. The van der Waals surface area contributed by atoms with E-state index in [1.807, 2.05) is 62.4 Å². The number of nitrogens with zero attached hydrogens (tertiary/aromatic N) is 1. The Labute approximate surface area is 193 Å². The van der Waals surface area contributed by atoms with E-state index in [2.05, 4.69) is 21.2 Å². The average Bonchev–Trinajstić information content (AvgIpc) is 2.74. The summed E-state index contributed by atoms with van der Waals surface area (Å²) in [5.41, 5.74) is 1.76. The molecule has 6 nitrogen and oxygen atoms in total. The van der Waals surface area contributed by atoms with Crippen LogP contribution in [0.1, 0.15) is 37.8 Å². The Morgan fingerprint density at radius 3 is 2.23 bits per heavy atom. The van der Waals surface area contributed by atoms with Gasteiger partial charge in [0, 0.05) is 30.0 Å². The van der Waals surface area contributed by atoms with E-state index < -0.39 is 10.0 Å². The molecule has 0 spiro atoms. The van der Waals surface area contributed by atoms with E-state index in [0.717, 1.165) is 21.3 Å². The van der Waals surface area contributed by atoms with Crippen molar-refractivity contribution in [2.75, 3.05) is 13.1 Å². The zero-order chi connectivity index (χ0) is 22.4. The monoisotopic (exact) mass is 508 g/mol. The first kappa shape index (κ1) is 23.8. The van der Waals surface area contributed by atoms with Gasteiger partial charge in [0.1, 0.15) is 5.75 Å². The number of ether oxygens (including phenoxy) is 1. The van der Waals surface area contributed by atoms with Gasteiger partial charge in [0.15, 0.2) is 0 Å². The fraction of sp³-hybridized carbons (Fsp3) is 0.435. The first-order chi connectivity index (χ1) is 14.7. The molecule has 0 aliphatic carbocycles. The maximum atomic E-state index is 12.7. The molecule has 1 aliphatic heterocycles. The SMILES string of the molecule is CC(C)Oc1ccc(CNC(=O)C2CCN(S(=O)(=O)Cc3ccc(Br)cc3)CC2)cc1. The van der Waals surface area contributed by atoms with Crippen LogP contribution in [0.3, 0.4) is 0 Å². The second-order valence-electron chi connectivity index (χ2n) is 8.08. The van der Waals surface area contributed by atoms with Gasteiger partial charge in [-0.05, 0) is 62.1 Å². The number of rotatable bonds is 8. The predicted molar refractivity (Wildman–Crippen MR) is 125 cm³/mol. The van der Waals surface area contributed by atoms with E-state index in [0.29, 0.717) is 32.5 Å². The minimum Gasteiger partial charge on any atom is -0.491 e. The van der Waals surface area contributed by atoms with E-state index in [1.54, 1.807) is 0 Å². The van der Waals surface area contributed by atoms with Gasteiger partial charge in [0.05, 0.1) is 11.9 Å². The first-order valence-electron chi connectivity index (χ1n) is 10.5. The number of sulfonamides is 1. The van der Waals surface area contributed by atoms with Gasteiger partial charge in [-0.1, -0.05) is 40.2 Å². The fourth-order valence-corrected chi connectivity index (χ4v) is 5.40. The largest absolute Gasteiger partial charge is 0.491 e. The topological polar surface area (TPSA) is 75.7 Å². The highest BCUT2D eigenvalue weighted by Gasteiger charge is 2.31. The molecule has 1 N–H and O–H groups in total. The van der Waals surface area contributed by atoms with Crippen LogP contribution < -0.4 is 10.1 Å². The van der Waals surface area contributed by atoms with E-state index in [1.165, 1.54) is 4.31 Å². The van der Waals surface area contributed by atoms with Gasteiger partial charge < -0.3 is 10.1 Å². The number of hydrogen-bond acceptors (Lipinski definition) is 4. The molecule has 0 atom stereocenters. The lowest BCUT2D eigenvalue weighted by Gasteiger charge is -2.30. The molecule has 0 radical (unpaired) electrons. The molecular weight excluding hydrogens is 480 g/mol. The summed E-state index contributed by atoms with van der Waals surface area (Å²) in [5.74, 6) is 0.602. The third-order valence-electron chi connectivity index (χ3n) is 5.24. The van der Waals surface area contributed by atoms with Crippen LogP contribution in [0, 0.1) is 5.92 Å². The lowest BCUT2D eigenvalue weighted by Crippen LogP contribution is -2.43. The molecule has 31 heavy (non-hydrogen) atoms. The van der Waals surface area contributed by atoms with Crippen LogP contribution in [-0.2, 0) is 27.1 Å². The molecule has 0 saturated carbocycles. The van der Waals surface area contributed by atoms with Crippen LogP contribution in [-0.4, -0.2) is 37.8 Å². The Morgan fingerprint density at radius 2 is 1.65 bits per heavy atom. The van der Waals surface area contributed by atoms with Crippen LogP contribution in [0.4, 0.5) is 0 Å². The minimum absolute atomic E-state index is 0.0202. The van der Waals surface area contributed by atoms with Gasteiger partial charge in [0.2, 0.25) is 15.9 Å². The number of halogens is 1. The van der Waals surface area contributed by atoms with Crippen molar-refractivity contribution >= 4 is 31.9 Å². The first-order valence-corrected chi connectivity index (χ1v) is 12.9. The Morgan fingerprint density at radius 1 is 1.06 bits per heavy atom. The van der Waals surface area contributed by atoms with Crippen LogP contribution in [0.5, 0.6) is 5.75 Å². The Kier molecular flexibility index (Phi) is 8.13. The third-order valence-corrected chi connectivity index (χ3v) is 7.62. The summed E-state index contributed by atoms with van der Waals surface area (Å²) < 4.78 is 33.5. The number of amides is 1. The molecule has 1 fully saturated rings. The molecule has 1 heterocycles. The Balaban J connectivity index is 1.46. The highest BCUT2D eigenvalue weighted by molar-refractivity contribution is 9.10. The maximum Gasteiger partial charge on any atom is 0.223 e. The van der Waals surface area contributed by atoms with Crippen LogP contribution in [0.15, 0.2) is 53.0 Å². The minimum atomic E-state index is -3.39. The van der Waals surface area contributed by atoms with Gasteiger partial charge in [-0.15, -0.1) is 0 Å². The molecule has 3 rings (SSSR count). The number of carbonyl (C=O) groups is 1. The zero-order valence-corrected chi connectivity index (χ0v) is 20.3. The molecule has 2 aromatic rings. The highest BCUT2D eigenvalue weighted by Crippen LogP contribution is 2.23. The van der Waals surface area contributed by atoms with Crippen molar-refractivity contribution in [2.45, 2.75) is 45.1 Å². The molecule has 168 valence electrons. The van der Waals surface area contributed by atoms with E-state index in [9.17, 15) is 13.2 Å². The fourth-order valence-electron chi connectivity index (χ4n) is 3.57. The zero-order valence-electron chi connectivity index (χ0n) is 17.9. The average molecular weight is 509 g/mol. The lowest BCUT2D eigenvalue weighted by molar-refractivity contribution is -0.126. The molecule has 1 saturated heterocycles. The number of benzene rings is 2. The van der Waals surface area contributed by atoms with Crippen molar-refractivity contribution in [3.8, 4) is 5.75 Å². The Hall–Kier alpha value is -1.90. The second kappa shape index (κ2) is 10.6. The molecule has 1 amide bonds. The van der Waals surface area contributed by atoms with Crippen molar-refractivity contribution in [1.82, 2.24) is 9.62 Å². The molecule has 1 aliphatic rings. The second-order valence-corrected chi connectivity index (χ2v) is 11.0. The van der Waals surface area contributed by atoms with Crippen LogP contribution >= 0.6 is 15.9 Å². The normalized spacial score (nSPS) is 15.7. The number of piperidine rings is 1. The quantitative estimate of drug-likeness (QED) is 0.582. The smallest absolute Gasteiger partial charge is 0.223 e. The predicted octanol–water partition coefficient (Wildman–Crippen LogP) is 4.09. The summed E-state index contributed by atoms with van der Waals surface area (Å²) in [6.07, 6.45) is 1.19. The summed E-state index contributed by atoms with van der Waals surface area (Å²) in [6.45, 7) is 5.15. The van der Waals surface area contributed by atoms with Crippen molar-refractivity contribution in [3.63, 3.8) is 0 Å². The lowest BCUT2D eigenvalue weighted by atomic mass is 9.97. The molecule has 0 aromatic heterocycles. The summed E-state index contributed by atoms with van der Waals surface area (Å²) >= 11 is 3.36. The summed E-state index contributed by atoms with van der Waals surface area (Å²) in [6, 6.07) is 15.0. The van der Waals surface area contributed by atoms with Gasteiger partial charge in [-0.2, -0.15) is 0 Å².